The molecule has 0 heterocycles. The van der Waals surface area contributed by atoms with E-state index in [9.17, 15) is 0 Å². The molecular formula is C29H29O3P. The fraction of sp³-hybridized carbons (Fsp3) is 0.138. The van der Waals surface area contributed by atoms with Gasteiger partial charge in [-0.2, -0.15) is 0 Å². The molecule has 0 fully saturated rings. The number of rotatable bonds is 7. The van der Waals surface area contributed by atoms with E-state index in [0.29, 0.717) is 6.61 Å². The van der Waals surface area contributed by atoms with E-state index in [4.69, 9.17) is 14.6 Å². The van der Waals surface area contributed by atoms with E-state index in [0.717, 1.165) is 18.8 Å². The van der Waals surface area contributed by atoms with E-state index >= 15 is 0 Å². The first kappa shape index (κ1) is 24.2. The fourth-order valence-corrected chi connectivity index (χ4v) is 8.21. The number of carboxylic acid groups (broad SMARTS) is 1. The molecule has 4 heteroatoms. The van der Waals surface area contributed by atoms with Gasteiger partial charge >= 0.3 is 0 Å². The molecule has 0 atom stereocenters. The summed E-state index contributed by atoms with van der Waals surface area (Å²) in [5.74, 6) is -0.0952. The summed E-state index contributed by atoms with van der Waals surface area (Å²) in [4.78, 5) is 8.89. The third kappa shape index (κ3) is 6.09. The lowest BCUT2D eigenvalue weighted by atomic mass is 10.2. The van der Waals surface area contributed by atoms with Gasteiger partial charge in [0.25, 0.3) is 0 Å². The van der Waals surface area contributed by atoms with Gasteiger partial charge in [0, 0.05) is 11.5 Å². The second-order valence-corrected chi connectivity index (χ2v) is 11.0. The number of carboxylic acids is 1. The minimum Gasteiger partial charge on any atom is -0.550 e. The molecule has 4 aromatic carbocycles. The highest BCUT2D eigenvalue weighted by atomic mass is 31.2. The number of hydrogen-bond donors (Lipinski definition) is 0. The molecule has 3 nitrogen and oxygen atoms in total. The van der Waals surface area contributed by atoms with Gasteiger partial charge in [0.1, 0.15) is 35.1 Å². The molecule has 33 heavy (non-hydrogen) atoms. The molecule has 0 aliphatic heterocycles. The highest BCUT2D eigenvalue weighted by Crippen LogP contribution is 2.58. The summed E-state index contributed by atoms with van der Waals surface area (Å²) in [7, 11) is -1.91. The number of hydrogen-bond acceptors (Lipinski definition) is 3. The average Bonchev–Trinajstić information content (AvgIpc) is 2.85. The van der Waals surface area contributed by atoms with Crippen LogP contribution >= 0.6 is 7.26 Å². The van der Waals surface area contributed by atoms with Crippen molar-refractivity contribution in [2.24, 2.45) is 0 Å². The highest BCUT2D eigenvalue weighted by Gasteiger charge is 2.45. The normalized spacial score (nSPS) is 10.6. The summed E-state index contributed by atoms with van der Waals surface area (Å²) < 4.78 is 6.01. The summed E-state index contributed by atoms with van der Waals surface area (Å²) in [6, 6.07) is 41.5. The third-order valence-electron chi connectivity index (χ3n) is 5.27. The van der Waals surface area contributed by atoms with Crippen molar-refractivity contribution in [2.45, 2.75) is 20.0 Å². The minimum atomic E-state index is -1.91. The molecule has 0 aliphatic carbocycles. The van der Waals surface area contributed by atoms with Crippen molar-refractivity contribution in [2.75, 3.05) is 6.61 Å². The third-order valence-corrected chi connectivity index (χ3v) is 9.62. The van der Waals surface area contributed by atoms with Crippen LogP contribution in [0.2, 0.25) is 0 Å². The largest absolute Gasteiger partial charge is 0.550 e. The van der Waals surface area contributed by atoms with Crippen LogP contribution in [0.25, 0.3) is 0 Å². The molecule has 4 rings (SSSR count). The van der Waals surface area contributed by atoms with Gasteiger partial charge in [-0.3, -0.25) is 0 Å². The van der Waals surface area contributed by atoms with Crippen LogP contribution in [0.3, 0.4) is 0 Å². The van der Waals surface area contributed by atoms with Gasteiger partial charge in [0.2, 0.25) is 0 Å². The van der Waals surface area contributed by atoms with Crippen molar-refractivity contribution in [3.63, 3.8) is 0 Å². The fourth-order valence-electron chi connectivity index (χ4n) is 3.95. The molecule has 0 unspecified atom stereocenters. The first-order valence-corrected chi connectivity index (χ1v) is 13.0. The zero-order valence-electron chi connectivity index (χ0n) is 19.1. The van der Waals surface area contributed by atoms with Crippen molar-refractivity contribution < 1.29 is 14.6 Å². The average molecular weight is 457 g/mol. The van der Waals surface area contributed by atoms with Crippen molar-refractivity contribution in [1.29, 1.82) is 0 Å². The SMILES string of the molecule is CC(=O)[O-].CCOc1ccccc1C[P+](c1ccccc1)(c1ccccc1)c1ccccc1. The lowest BCUT2D eigenvalue weighted by molar-refractivity contribution is -0.302. The molecule has 168 valence electrons. The Balaban J connectivity index is 0.000000709. The van der Waals surface area contributed by atoms with E-state index in [1.54, 1.807) is 0 Å². The maximum absolute atomic E-state index is 8.89. The Kier molecular flexibility index (Phi) is 8.80. The van der Waals surface area contributed by atoms with E-state index in [2.05, 4.69) is 115 Å². The van der Waals surface area contributed by atoms with E-state index < -0.39 is 13.2 Å². The number of aliphatic carboxylic acids is 1. The second-order valence-electron chi connectivity index (χ2n) is 7.51. The van der Waals surface area contributed by atoms with Crippen LogP contribution in [0.4, 0.5) is 0 Å². The molecule has 0 saturated carbocycles. The molecular weight excluding hydrogens is 427 g/mol. The summed E-state index contributed by atoms with van der Waals surface area (Å²) in [6.07, 6.45) is 0.932. The van der Waals surface area contributed by atoms with Gasteiger partial charge < -0.3 is 14.6 Å². The minimum absolute atomic E-state index is 0.671. The van der Waals surface area contributed by atoms with Crippen molar-refractivity contribution >= 4 is 29.1 Å². The Morgan fingerprint density at radius 2 is 1.06 bits per heavy atom. The Labute approximate surface area is 197 Å². The standard InChI is InChI=1S/C27H26OP.C2H4O2/c1-2-28-27-21-13-12-14-23(27)22-29(24-15-6-3-7-16-24,25-17-8-4-9-18-25)26-19-10-5-11-20-26;1-2(3)4/h3-21H,2,22H2,1H3;1H3,(H,3,4)/q+1;/p-1. The van der Waals surface area contributed by atoms with Crippen molar-refractivity contribution in [3.05, 3.63) is 121 Å². The Bertz CT molecular complexity index is 1030. The number of benzene rings is 4. The first-order valence-electron chi connectivity index (χ1n) is 11.0. The molecule has 0 amide bonds. The molecule has 0 saturated heterocycles. The quantitative estimate of drug-likeness (QED) is 0.389. The van der Waals surface area contributed by atoms with Crippen LogP contribution in [0.1, 0.15) is 19.4 Å². The Morgan fingerprint density at radius 1 is 0.697 bits per heavy atom. The van der Waals surface area contributed by atoms with Gasteiger partial charge in [-0.1, -0.05) is 72.8 Å². The lowest BCUT2D eigenvalue weighted by Gasteiger charge is -2.28. The highest BCUT2D eigenvalue weighted by molar-refractivity contribution is 7.95. The smallest absolute Gasteiger partial charge is 0.126 e. The summed E-state index contributed by atoms with van der Waals surface area (Å²) in [5.41, 5.74) is 1.26. The van der Waals surface area contributed by atoms with Gasteiger partial charge in [-0.05, 0) is 56.3 Å². The number of carbonyl (C=O) groups excluding carboxylic acids is 1. The predicted octanol–water partition coefficient (Wildman–Crippen LogP) is 4.34. The molecule has 0 N–H and O–H groups in total. The van der Waals surface area contributed by atoms with Crippen LogP contribution in [-0.2, 0) is 11.0 Å². The Hall–Kier alpha value is -3.42. The van der Waals surface area contributed by atoms with Crippen LogP contribution in [0.15, 0.2) is 115 Å². The molecule has 0 aromatic heterocycles. The lowest BCUT2D eigenvalue weighted by Crippen LogP contribution is -2.32. The van der Waals surface area contributed by atoms with Gasteiger partial charge in [-0.15, -0.1) is 0 Å². The van der Waals surface area contributed by atoms with E-state index in [1.165, 1.54) is 21.5 Å². The van der Waals surface area contributed by atoms with Gasteiger partial charge in [-0.25, -0.2) is 0 Å². The number of ether oxygens (including phenoxy) is 1. The van der Waals surface area contributed by atoms with Gasteiger partial charge in [0.05, 0.1) is 6.61 Å². The zero-order valence-corrected chi connectivity index (χ0v) is 20.0. The molecule has 0 aliphatic rings. The monoisotopic (exact) mass is 456 g/mol. The van der Waals surface area contributed by atoms with Crippen LogP contribution in [0.5, 0.6) is 5.75 Å². The zero-order chi connectivity index (χ0) is 23.5. The predicted molar refractivity (Wildman–Crippen MR) is 137 cm³/mol. The molecule has 4 aromatic rings. The Morgan fingerprint density at radius 3 is 1.45 bits per heavy atom. The molecule has 0 radical (unpaired) electrons. The molecule has 0 spiro atoms. The second kappa shape index (κ2) is 12.0. The summed E-state index contributed by atoms with van der Waals surface area (Å²) in [5, 5.41) is 13.1. The van der Waals surface area contributed by atoms with E-state index in [-0.39, 0.29) is 0 Å². The maximum atomic E-state index is 8.89. The van der Waals surface area contributed by atoms with Gasteiger partial charge in [0.15, 0.2) is 0 Å². The van der Waals surface area contributed by atoms with Crippen molar-refractivity contribution in [1.82, 2.24) is 0 Å². The van der Waals surface area contributed by atoms with E-state index in [1.807, 2.05) is 6.92 Å². The van der Waals surface area contributed by atoms with Crippen LogP contribution in [0, 0.1) is 0 Å². The van der Waals surface area contributed by atoms with Crippen molar-refractivity contribution in [3.8, 4) is 5.75 Å². The van der Waals surface area contributed by atoms with Crippen LogP contribution in [-0.4, -0.2) is 12.6 Å². The number of para-hydroxylation sites is 1. The summed E-state index contributed by atoms with van der Waals surface area (Å²) in [6.45, 7) is 3.69. The first-order chi connectivity index (χ1) is 16.1. The van der Waals surface area contributed by atoms with Crippen LogP contribution < -0.4 is 25.8 Å². The topological polar surface area (TPSA) is 49.4 Å². The number of carbonyl (C=O) groups is 1. The summed E-state index contributed by atoms with van der Waals surface area (Å²) >= 11 is 0. The molecule has 0 bridgehead atoms. The maximum Gasteiger partial charge on any atom is 0.126 e.